The van der Waals surface area contributed by atoms with Gasteiger partial charge in [0.1, 0.15) is 12.0 Å². The minimum atomic E-state index is -4.59. The maximum absolute atomic E-state index is 13.5. The lowest BCUT2D eigenvalue weighted by Crippen LogP contribution is -2.10. The van der Waals surface area contributed by atoms with Crippen LogP contribution < -0.4 is 5.32 Å². The number of rotatable bonds is 5. The lowest BCUT2D eigenvalue weighted by molar-refractivity contribution is -0.137. The van der Waals surface area contributed by atoms with E-state index in [-0.39, 0.29) is 11.3 Å². The molecule has 0 unspecified atom stereocenters. The molecule has 1 aromatic carbocycles. The molecule has 4 rings (SSSR count). The van der Waals surface area contributed by atoms with E-state index in [0.29, 0.717) is 22.3 Å². The predicted octanol–water partition coefficient (Wildman–Crippen LogP) is 5.39. The number of carbonyl (C=O) groups is 1. The number of nitrogens with one attached hydrogen (secondary N) is 2. The average Bonchev–Trinajstić information content (AvgIpc) is 3.21. The van der Waals surface area contributed by atoms with E-state index >= 15 is 0 Å². The smallest absolute Gasteiger partial charge is 0.345 e. The van der Waals surface area contributed by atoms with Gasteiger partial charge in [0.15, 0.2) is 0 Å². The Kier molecular flexibility index (Phi) is 5.48. The summed E-state index contributed by atoms with van der Waals surface area (Å²) in [5.41, 5.74) is 2.75. The Bertz CT molecular complexity index is 1330. The molecule has 0 saturated heterocycles. The molecule has 0 saturated carbocycles. The summed E-state index contributed by atoms with van der Waals surface area (Å²) in [5, 5.41) is 3.10. The fourth-order valence-electron chi connectivity index (χ4n) is 3.33. The molecule has 0 aliphatic heterocycles. The average molecular weight is 437 g/mol. The van der Waals surface area contributed by atoms with Gasteiger partial charge in [0, 0.05) is 40.3 Å². The van der Waals surface area contributed by atoms with Crippen molar-refractivity contribution in [2.24, 2.45) is 0 Å². The zero-order chi connectivity index (χ0) is 22.9. The minimum absolute atomic E-state index is 0.0116. The molecule has 9 heteroatoms. The summed E-state index contributed by atoms with van der Waals surface area (Å²) < 4.78 is 40.4. The number of aromatic nitrogens is 4. The Morgan fingerprint density at radius 2 is 1.94 bits per heavy atom. The second-order valence-corrected chi connectivity index (χ2v) is 7.06. The van der Waals surface area contributed by atoms with Crippen LogP contribution in [0.25, 0.3) is 33.4 Å². The third-order valence-corrected chi connectivity index (χ3v) is 4.94. The summed E-state index contributed by atoms with van der Waals surface area (Å²) in [6, 6.07) is 6.98. The highest BCUT2D eigenvalue weighted by molar-refractivity contribution is 6.00. The standard InChI is InChI=1S/C23H18F3N5O/c1-3-16-9-20(30-12-29-16)19-11-28-22-18(19)7-14(10-27-22)13-5-15(23(24,25)26)8-17(6-13)31-21(32)4-2/h4-12H,2-3H2,1H3,(H,27,28)(H,31,32). The molecule has 3 aromatic heterocycles. The number of halogens is 3. The van der Waals surface area contributed by atoms with E-state index in [9.17, 15) is 18.0 Å². The van der Waals surface area contributed by atoms with Crippen LogP contribution in [0.1, 0.15) is 18.2 Å². The third-order valence-electron chi connectivity index (χ3n) is 4.94. The number of benzene rings is 1. The Hall–Kier alpha value is -4.01. The first-order valence-electron chi connectivity index (χ1n) is 9.73. The largest absolute Gasteiger partial charge is 0.416 e. The fourth-order valence-corrected chi connectivity index (χ4v) is 3.33. The van der Waals surface area contributed by atoms with E-state index in [2.05, 4.69) is 31.8 Å². The van der Waals surface area contributed by atoms with Gasteiger partial charge in [0.25, 0.3) is 0 Å². The number of pyridine rings is 1. The molecule has 4 aromatic rings. The molecule has 0 aliphatic rings. The number of aryl methyl sites for hydroxylation is 1. The van der Waals surface area contributed by atoms with E-state index in [4.69, 9.17) is 0 Å². The number of aromatic amines is 1. The van der Waals surface area contributed by atoms with Gasteiger partial charge in [-0.1, -0.05) is 13.5 Å². The number of fused-ring (bicyclic) bond motifs is 1. The number of hydrogen-bond acceptors (Lipinski definition) is 4. The quantitative estimate of drug-likeness (QED) is 0.410. The molecule has 0 radical (unpaired) electrons. The lowest BCUT2D eigenvalue weighted by Gasteiger charge is -2.13. The Morgan fingerprint density at radius 1 is 1.12 bits per heavy atom. The first-order chi connectivity index (χ1) is 15.3. The number of alkyl halides is 3. The summed E-state index contributed by atoms with van der Waals surface area (Å²) in [5.74, 6) is -0.604. The van der Waals surface area contributed by atoms with E-state index in [1.54, 1.807) is 12.3 Å². The van der Waals surface area contributed by atoms with Crippen molar-refractivity contribution in [2.75, 3.05) is 5.32 Å². The van der Waals surface area contributed by atoms with Crippen LogP contribution in [0.3, 0.4) is 0 Å². The van der Waals surface area contributed by atoms with Gasteiger partial charge >= 0.3 is 6.18 Å². The van der Waals surface area contributed by atoms with Crippen molar-refractivity contribution in [3.63, 3.8) is 0 Å². The molecule has 32 heavy (non-hydrogen) atoms. The number of nitrogens with zero attached hydrogens (tertiary/aromatic N) is 3. The molecule has 162 valence electrons. The summed E-state index contributed by atoms with van der Waals surface area (Å²) in [6.45, 7) is 5.31. The molecule has 0 fully saturated rings. The molecule has 1 amide bonds. The van der Waals surface area contributed by atoms with Crippen molar-refractivity contribution >= 4 is 22.6 Å². The number of H-pyrrole nitrogens is 1. The van der Waals surface area contributed by atoms with Gasteiger partial charge in [-0.2, -0.15) is 13.2 Å². The van der Waals surface area contributed by atoms with Gasteiger partial charge in [-0.3, -0.25) is 4.79 Å². The second kappa shape index (κ2) is 8.26. The Labute approximate surface area is 181 Å². The van der Waals surface area contributed by atoms with E-state index in [1.807, 2.05) is 13.0 Å². The van der Waals surface area contributed by atoms with Crippen LogP contribution in [0.4, 0.5) is 18.9 Å². The zero-order valence-electron chi connectivity index (χ0n) is 17.0. The number of carbonyl (C=O) groups excluding carboxylic acids is 1. The van der Waals surface area contributed by atoms with E-state index in [0.717, 1.165) is 35.9 Å². The monoisotopic (exact) mass is 437 g/mol. The lowest BCUT2D eigenvalue weighted by atomic mass is 10.0. The van der Waals surface area contributed by atoms with Gasteiger partial charge in [0.05, 0.1) is 11.3 Å². The number of amides is 1. The molecule has 3 heterocycles. The van der Waals surface area contributed by atoms with Crippen molar-refractivity contribution in [1.82, 2.24) is 19.9 Å². The first-order valence-corrected chi connectivity index (χ1v) is 9.73. The molecule has 0 aliphatic carbocycles. The molecular weight excluding hydrogens is 419 g/mol. The molecular formula is C23H18F3N5O. The molecule has 2 N–H and O–H groups in total. The third kappa shape index (κ3) is 4.22. The topological polar surface area (TPSA) is 83.6 Å². The first kappa shape index (κ1) is 21.2. The van der Waals surface area contributed by atoms with Crippen molar-refractivity contribution in [1.29, 1.82) is 0 Å². The number of anilines is 1. The normalized spacial score (nSPS) is 11.5. The maximum Gasteiger partial charge on any atom is 0.416 e. The summed E-state index contributed by atoms with van der Waals surface area (Å²) >= 11 is 0. The predicted molar refractivity (Wildman–Crippen MR) is 116 cm³/mol. The Balaban J connectivity index is 1.85. The molecule has 0 atom stereocenters. The van der Waals surface area contributed by atoms with Gasteiger partial charge < -0.3 is 10.3 Å². The van der Waals surface area contributed by atoms with E-state index in [1.165, 1.54) is 18.6 Å². The summed E-state index contributed by atoms with van der Waals surface area (Å²) in [6.07, 6.45) is 1.86. The highest BCUT2D eigenvalue weighted by atomic mass is 19.4. The molecule has 0 spiro atoms. The SMILES string of the molecule is C=CC(=O)Nc1cc(-c2cnc3[nH]cc(-c4cc(CC)ncn4)c3c2)cc(C(F)(F)F)c1. The van der Waals surface area contributed by atoms with E-state index < -0.39 is 17.6 Å². The van der Waals surface area contributed by atoms with Crippen LogP contribution in [0, 0.1) is 0 Å². The zero-order valence-corrected chi connectivity index (χ0v) is 17.0. The highest BCUT2D eigenvalue weighted by Gasteiger charge is 2.31. The van der Waals surface area contributed by atoms with Crippen LogP contribution in [-0.2, 0) is 17.4 Å². The van der Waals surface area contributed by atoms with Gasteiger partial charge in [-0.15, -0.1) is 0 Å². The van der Waals surface area contributed by atoms with Crippen LogP contribution in [-0.4, -0.2) is 25.8 Å². The Morgan fingerprint density at radius 3 is 2.66 bits per heavy atom. The van der Waals surface area contributed by atoms with Crippen molar-refractivity contribution < 1.29 is 18.0 Å². The van der Waals surface area contributed by atoms with Crippen molar-refractivity contribution in [3.8, 4) is 22.4 Å². The van der Waals surface area contributed by atoms with Gasteiger partial charge in [-0.25, -0.2) is 15.0 Å². The second-order valence-electron chi connectivity index (χ2n) is 7.06. The summed E-state index contributed by atoms with van der Waals surface area (Å²) in [7, 11) is 0. The highest BCUT2D eigenvalue weighted by Crippen LogP contribution is 2.36. The van der Waals surface area contributed by atoms with Crippen molar-refractivity contribution in [2.45, 2.75) is 19.5 Å². The fraction of sp³-hybridized carbons (Fsp3) is 0.130. The van der Waals surface area contributed by atoms with Crippen LogP contribution in [0.15, 0.2) is 61.7 Å². The van der Waals surface area contributed by atoms with Crippen molar-refractivity contribution in [3.05, 3.63) is 73.0 Å². The molecule has 0 bridgehead atoms. The van der Waals surface area contributed by atoms with Crippen LogP contribution >= 0.6 is 0 Å². The van der Waals surface area contributed by atoms with Gasteiger partial charge in [0.2, 0.25) is 5.91 Å². The van der Waals surface area contributed by atoms with Gasteiger partial charge in [-0.05, 0) is 48.4 Å². The minimum Gasteiger partial charge on any atom is -0.345 e. The molecule has 6 nitrogen and oxygen atoms in total. The van der Waals surface area contributed by atoms with Crippen LogP contribution in [0.2, 0.25) is 0 Å². The number of hydrogen-bond donors (Lipinski definition) is 2. The van der Waals surface area contributed by atoms with Crippen LogP contribution in [0.5, 0.6) is 0 Å². The summed E-state index contributed by atoms with van der Waals surface area (Å²) in [4.78, 5) is 27.6. The maximum atomic E-state index is 13.5.